The van der Waals surface area contributed by atoms with Gasteiger partial charge in [0.1, 0.15) is 0 Å². The van der Waals surface area contributed by atoms with E-state index in [4.69, 9.17) is 11.6 Å². The molecule has 1 amide bonds. The van der Waals surface area contributed by atoms with Crippen LogP contribution in [0.25, 0.3) is 0 Å². The molecule has 2 nitrogen and oxygen atoms in total. The average Bonchev–Trinajstić information content (AvgIpc) is 2.18. The van der Waals surface area contributed by atoms with E-state index in [-0.39, 0.29) is 6.04 Å². The largest absolute Gasteiger partial charge is 0.338 e. The van der Waals surface area contributed by atoms with Crippen molar-refractivity contribution in [2.75, 3.05) is 6.54 Å². The minimum Gasteiger partial charge on any atom is -0.338 e. The predicted molar refractivity (Wildman–Crippen MR) is 56.3 cm³/mol. The number of carbonyl (C=O) groups is 1. The zero-order valence-corrected chi connectivity index (χ0v) is 8.79. The van der Waals surface area contributed by atoms with E-state index in [0.717, 1.165) is 24.4 Å². The maximum absolute atomic E-state index is 10.7. The number of benzene rings is 1. The molecule has 1 unspecified atom stereocenters. The number of rotatable bonds is 1. The van der Waals surface area contributed by atoms with E-state index in [1.54, 1.807) is 0 Å². The van der Waals surface area contributed by atoms with E-state index in [9.17, 15) is 4.79 Å². The average molecular weight is 210 g/mol. The number of hydrogen-bond donors (Lipinski definition) is 0. The van der Waals surface area contributed by atoms with Crippen LogP contribution < -0.4 is 0 Å². The van der Waals surface area contributed by atoms with E-state index in [2.05, 4.69) is 0 Å². The van der Waals surface area contributed by atoms with Crippen molar-refractivity contribution in [3.05, 3.63) is 34.3 Å². The van der Waals surface area contributed by atoms with Crippen molar-refractivity contribution in [1.29, 1.82) is 0 Å². The van der Waals surface area contributed by atoms with Gasteiger partial charge in [-0.2, -0.15) is 0 Å². The Kier molecular flexibility index (Phi) is 2.46. The first-order chi connectivity index (χ1) is 6.72. The standard InChI is InChI=1S/C11H12ClNO/c1-8-11-3-2-10(12)6-9(11)4-5-13(8)7-14/h2-3,6-8H,4-5H2,1H3. The summed E-state index contributed by atoms with van der Waals surface area (Å²) in [5.74, 6) is 0. The zero-order valence-electron chi connectivity index (χ0n) is 8.03. The lowest BCUT2D eigenvalue weighted by Gasteiger charge is -2.32. The van der Waals surface area contributed by atoms with Crippen LogP contribution >= 0.6 is 11.6 Å². The Morgan fingerprint density at radius 2 is 2.36 bits per heavy atom. The van der Waals surface area contributed by atoms with Crippen molar-refractivity contribution < 1.29 is 4.79 Å². The third-order valence-corrected chi connectivity index (χ3v) is 3.06. The first-order valence-electron chi connectivity index (χ1n) is 4.71. The van der Waals surface area contributed by atoms with E-state index < -0.39 is 0 Å². The van der Waals surface area contributed by atoms with Crippen LogP contribution in [0, 0.1) is 0 Å². The Bertz CT molecular complexity index is 364. The second-order valence-electron chi connectivity index (χ2n) is 3.61. The molecule has 0 bridgehead atoms. The Hall–Kier alpha value is -1.02. The molecule has 0 spiro atoms. The topological polar surface area (TPSA) is 20.3 Å². The molecular weight excluding hydrogens is 198 g/mol. The summed E-state index contributed by atoms with van der Waals surface area (Å²) in [5, 5.41) is 0.774. The molecule has 0 saturated carbocycles. The summed E-state index contributed by atoms with van der Waals surface area (Å²) < 4.78 is 0. The minimum atomic E-state index is 0.175. The van der Waals surface area contributed by atoms with Crippen molar-refractivity contribution >= 4 is 18.0 Å². The van der Waals surface area contributed by atoms with Gasteiger partial charge in [-0.25, -0.2) is 0 Å². The Morgan fingerprint density at radius 3 is 3.07 bits per heavy atom. The highest BCUT2D eigenvalue weighted by molar-refractivity contribution is 6.30. The monoisotopic (exact) mass is 209 g/mol. The molecule has 14 heavy (non-hydrogen) atoms. The summed E-state index contributed by atoms with van der Waals surface area (Å²) in [6.45, 7) is 2.83. The lowest BCUT2D eigenvalue weighted by atomic mass is 9.94. The van der Waals surface area contributed by atoms with E-state index in [1.807, 2.05) is 30.0 Å². The molecule has 3 heteroatoms. The first kappa shape index (κ1) is 9.53. The summed E-state index contributed by atoms with van der Waals surface area (Å²) >= 11 is 5.91. The summed E-state index contributed by atoms with van der Waals surface area (Å²) in [4.78, 5) is 12.6. The smallest absolute Gasteiger partial charge is 0.210 e. The van der Waals surface area contributed by atoms with Crippen molar-refractivity contribution in [3.8, 4) is 0 Å². The molecule has 1 heterocycles. The molecule has 1 atom stereocenters. The van der Waals surface area contributed by atoms with Crippen LogP contribution in [0.1, 0.15) is 24.1 Å². The summed E-state index contributed by atoms with van der Waals surface area (Å²) in [6.07, 6.45) is 1.82. The fourth-order valence-electron chi connectivity index (χ4n) is 1.96. The SMILES string of the molecule is CC1c2ccc(Cl)cc2CCN1C=O. The van der Waals surface area contributed by atoms with Gasteiger partial charge in [-0.15, -0.1) is 0 Å². The van der Waals surface area contributed by atoms with E-state index >= 15 is 0 Å². The Balaban J connectivity index is 2.40. The third kappa shape index (κ3) is 1.50. The van der Waals surface area contributed by atoms with Crippen molar-refractivity contribution in [1.82, 2.24) is 4.90 Å². The highest BCUT2D eigenvalue weighted by Crippen LogP contribution is 2.29. The van der Waals surface area contributed by atoms with Crippen LogP contribution in [0.2, 0.25) is 5.02 Å². The second-order valence-corrected chi connectivity index (χ2v) is 4.05. The summed E-state index contributed by atoms with van der Waals surface area (Å²) in [6, 6.07) is 6.06. The molecule has 1 aliphatic heterocycles. The lowest BCUT2D eigenvalue weighted by Crippen LogP contribution is -2.32. The number of nitrogens with zero attached hydrogens (tertiary/aromatic N) is 1. The number of amides is 1. The number of hydrogen-bond acceptors (Lipinski definition) is 1. The van der Waals surface area contributed by atoms with Crippen LogP contribution in [0.4, 0.5) is 0 Å². The maximum atomic E-state index is 10.7. The van der Waals surface area contributed by atoms with Gasteiger partial charge in [0.15, 0.2) is 0 Å². The van der Waals surface area contributed by atoms with Gasteiger partial charge in [-0.05, 0) is 36.6 Å². The van der Waals surface area contributed by atoms with Crippen LogP contribution in [-0.2, 0) is 11.2 Å². The fraction of sp³-hybridized carbons (Fsp3) is 0.364. The van der Waals surface area contributed by atoms with Gasteiger partial charge in [0.25, 0.3) is 0 Å². The van der Waals surface area contributed by atoms with E-state index in [1.165, 1.54) is 11.1 Å². The fourth-order valence-corrected chi connectivity index (χ4v) is 2.16. The molecule has 0 saturated heterocycles. The maximum Gasteiger partial charge on any atom is 0.210 e. The van der Waals surface area contributed by atoms with Crippen molar-refractivity contribution in [2.24, 2.45) is 0 Å². The zero-order chi connectivity index (χ0) is 10.1. The highest BCUT2D eigenvalue weighted by Gasteiger charge is 2.22. The number of carbonyl (C=O) groups excluding carboxylic acids is 1. The molecule has 0 radical (unpaired) electrons. The number of halogens is 1. The molecule has 2 rings (SSSR count). The second kappa shape index (κ2) is 3.62. The van der Waals surface area contributed by atoms with Crippen LogP contribution in [-0.4, -0.2) is 17.9 Å². The Morgan fingerprint density at radius 1 is 1.57 bits per heavy atom. The van der Waals surface area contributed by atoms with Crippen LogP contribution in [0.3, 0.4) is 0 Å². The molecule has 0 aromatic heterocycles. The van der Waals surface area contributed by atoms with Crippen LogP contribution in [0.5, 0.6) is 0 Å². The summed E-state index contributed by atoms with van der Waals surface area (Å²) in [7, 11) is 0. The summed E-state index contributed by atoms with van der Waals surface area (Å²) in [5.41, 5.74) is 2.48. The lowest BCUT2D eigenvalue weighted by molar-refractivity contribution is -0.120. The molecule has 0 N–H and O–H groups in total. The van der Waals surface area contributed by atoms with Gasteiger partial charge in [-0.1, -0.05) is 17.7 Å². The van der Waals surface area contributed by atoms with Crippen molar-refractivity contribution in [2.45, 2.75) is 19.4 Å². The van der Waals surface area contributed by atoms with Crippen molar-refractivity contribution in [3.63, 3.8) is 0 Å². The Labute approximate surface area is 88.5 Å². The van der Waals surface area contributed by atoms with Gasteiger partial charge < -0.3 is 4.90 Å². The predicted octanol–water partition coefficient (Wildman–Crippen LogP) is 2.42. The molecule has 1 aliphatic rings. The molecule has 1 aromatic carbocycles. The van der Waals surface area contributed by atoms with Gasteiger partial charge in [0.05, 0.1) is 6.04 Å². The molecule has 0 fully saturated rings. The van der Waals surface area contributed by atoms with Gasteiger partial charge in [0, 0.05) is 11.6 Å². The van der Waals surface area contributed by atoms with Gasteiger partial charge in [0.2, 0.25) is 6.41 Å². The normalized spacial score (nSPS) is 20.4. The van der Waals surface area contributed by atoms with Crippen LogP contribution in [0.15, 0.2) is 18.2 Å². The first-order valence-corrected chi connectivity index (χ1v) is 5.09. The number of fused-ring (bicyclic) bond motifs is 1. The quantitative estimate of drug-likeness (QED) is 0.651. The van der Waals surface area contributed by atoms with Gasteiger partial charge >= 0.3 is 0 Å². The third-order valence-electron chi connectivity index (χ3n) is 2.83. The van der Waals surface area contributed by atoms with E-state index in [0.29, 0.717) is 0 Å². The molecule has 1 aromatic rings. The molecule has 0 aliphatic carbocycles. The van der Waals surface area contributed by atoms with Gasteiger partial charge in [-0.3, -0.25) is 4.79 Å². The highest BCUT2D eigenvalue weighted by atomic mass is 35.5. The molecule has 74 valence electrons. The molecular formula is C11H12ClNO. The minimum absolute atomic E-state index is 0.175.